The van der Waals surface area contributed by atoms with Crippen molar-refractivity contribution in [3.8, 4) is 5.75 Å². The normalized spacial score (nSPS) is 10.1. The van der Waals surface area contributed by atoms with Crippen LogP contribution in [-0.2, 0) is 6.61 Å². The Bertz CT molecular complexity index is 701. The van der Waals surface area contributed by atoms with E-state index in [4.69, 9.17) is 22.7 Å². The van der Waals surface area contributed by atoms with Gasteiger partial charge in [0.1, 0.15) is 11.6 Å². The highest BCUT2D eigenvalue weighted by Crippen LogP contribution is 2.28. The van der Waals surface area contributed by atoms with E-state index < -0.39 is 4.92 Å². The van der Waals surface area contributed by atoms with E-state index in [1.165, 1.54) is 12.1 Å². The smallest absolute Gasteiger partial charge is 0.311 e. The molecule has 5 nitrogen and oxygen atoms in total. The van der Waals surface area contributed by atoms with Gasteiger partial charge in [-0.15, -0.1) is 0 Å². The highest BCUT2D eigenvalue weighted by molar-refractivity contribution is 7.80. The zero-order valence-electron chi connectivity index (χ0n) is 11.4. The van der Waals surface area contributed by atoms with Gasteiger partial charge in [-0.2, -0.15) is 0 Å². The molecule has 0 aliphatic heterocycles. The van der Waals surface area contributed by atoms with Gasteiger partial charge in [0.25, 0.3) is 0 Å². The number of nitrogens with zero attached hydrogens (tertiary/aromatic N) is 1. The zero-order chi connectivity index (χ0) is 15.4. The van der Waals surface area contributed by atoms with E-state index in [-0.39, 0.29) is 23.0 Å². The molecule has 0 radical (unpaired) electrons. The summed E-state index contributed by atoms with van der Waals surface area (Å²) in [7, 11) is 0. The number of nitro groups is 1. The fraction of sp³-hybridized carbons (Fsp3) is 0.133. The molecule has 0 spiro atoms. The van der Waals surface area contributed by atoms with Gasteiger partial charge in [-0.1, -0.05) is 42.0 Å². The fourth-order valence-corrected chi connectivity index (χ4v) is 2.03. The topological polar surface area (TPSA) is 78.4 Å². The lowest BCUT2D eigenvalue weighted by atomic mass is 10.1. The molecular weight excluding hydrogens is 288 g/mol. The monoisotopic (exact) mass is 302 g/mol. The van der Waals surface area contributed by atoms with Gasteiger partial charge in [0.15, 0.2) is 5.75 Å². The molecule has 0 saturated carbocycles. The molecule has 2 aromatic carbocycles. The van der Waals surface area contributed by atoms with Crippen molar-refractivity contribution in [2.24, 2.45) is 5.73 Å². The average Bonchev–Trinajstić information content (AvgIpc) is 2.44. The largest absolute Gasteiger partial charge is 0.482 e. The van der Waals surface area contributed by atoms with E-state index in [1.807, 2.05) is 31.2 Å². The van der Waals surface area contributed by atoms with Crippen molar-refractivity contribution in [2.75, 3.05) is 0 Å². The van der Waals surface area contributed by atoms with Crippen molar-refractivity contribution in [3.63, 3.8) is 0 Å². The van der Waals surface area contributed by atoms with Crippen molar-refractivity contribution < 1.29 is 9.66 Å². The predicted octanol–water partition coefficient (Wildman–Crippen LogP) is 3.12. The molecule has 0 heterocycles. The number of hydrogen-bond acceptors (Lipinski definition) is 4. The zero-order valence-corrected chi connectivity index (χ0v) is 12.2. The van der Waals surface area contributed by atoms with Gasteiger partial charge in [-0.3, -0.25) is 10.1 Å². The van der Waals surface area contributed by atoms with Crippen molar-refractivity contribution >= 4 is 22.9 Å². The third-order valence-corrected chi connectivity index (χ3v) is 3.15. The number of thiocarbonyl (C=S) groups is 1. The number of benzene rings is 2. The quantitative estimate of drug-likeness (QED) is 0.521. The SMILES string of the molecule is Cc1cccc(COc2ccc(C(N)=S)cc2[N+](=O)[O-])c1. The maximum atomic E-state index is 11.1. The van der Waals surface area contributed by atoms with Gasteiger partial charge < -0.3 is 10.5 Å². The van der Waals surface area contributed by atoms with Gasteiger partial charge in [-0.25, -0.2) is 0 Å². The molecule has 0 aliphatic rings. The van der Waals surface area contributed by atoms with E-state index in [1.54, 1.807) is 6.07 Å². The molecule has 0 amide bonds. The van der Waals surface area contributed by atoms with E-state index in [9.17, 15) is 10.1 Å². The summed E-state index contributed by atoms with van der Waals surface area (Å²) in [4.78, 5) is 10.7. The lowest BCUT2D eigenvalue weighted by Gasteiger charge is -2.08. The van der Waals surface area contributed by atoms with Crippen LogP contribution in [0.2, 0.25) is 0 Å². The van der Waals surface area contributed by atoms with Gasteiger partial charge in [0.2, 0.25) is 0 Å². The summed E-state index contributed by atoms with van der Waals surface area (Å²) in [6.07, 6.45) is 0. The van der Waals surface area contributed by atoms with Crippen LogP contribution in [0, 0.1) is 17.0 Å². The van der Waals surface area contributed by atoms with Crippen LogP contribution in [0.15, 0.2) is 42.5 Å². The third-order valence-electron chi connectivity index (χ3n) is 2.92. The second kappa shape index (κ2) is 6.32. The lowest BCUT2D eigenvalue weighted by Crippen LogP contribution is -2.10. The predicted molar refractivity (Wildman–Crippen MR) is 84.5 cm³/mol. The van der Waals surface area contributed by atoms with Gasteiger partial charge in [0.05, 0.1) is 4.92 Å². The molecule has 0 aliphatic carbocycles. The number of nitro benzene ring substituents is 1. The molecule has 2 N–H and O–H groups in total. The van der Waals surface area contributed by atoms with Crippen LogP contribution in [-0.4, -0.2) is 9.91 Å². The summed E-state index contributed by atoms with van der Waals surface area (Å²) in [5.41, 5.74) is 7.83. The molecule has 6 heteroatoms. The molecule has 0 aromatic heterocycles. The highest BCUT2D eigenvalue weighted by Gasteiger charge is 2.17. The number of rotatable bonds is 5. The maximum absolute atomic E-state index is 11.1. The molecule has 0 bridgehead atoms. The molecule has 0 fully saturated rings. The van der Waals surface area contributed by atoms with Gasteiger partial charge in [0, 0.05) is 11.6 Å². The standard InChI is InChI=1S/C15H14N2O3S/c1-10-3-2-4-11(7-10)9-20-14-6-5-12(15(16)21)8-13(14)17(18)19/h2-8H,9H2,1H3,(H2,16,21). The first kappa shape index (κ1) is 14.9. The Hall–Kier alpha value is -2.47. The first-order chi connectivity index (χ1) is 9.97. The van der Waals surface area contributed by atoms with Crippen LogP contribution < -0.4 is 10.5 Å². The van der Waals surface area contributed by atoms with E-state index in [2.05, 4.69) is 0 Å². The van der Waals surface area contributed by atoms with E-state index >= 15 is 0 Å². The number of nitrogens with two attached hydrogens (primary N) is 1. The highest BCUT2D eigenvalue weighted by atomic mass is 32.1. The van der Waals surface area contributed by atoms with Gasteiger partial charge >= 0.3 is 5.69 Å². The molecule has 0 atom stereocenters. The van der Waals surface area contributed by atoms with E-state index in [0.29, 0.717) is 5.56 Å². The summed E-state index contributed by atoms with van der Waals surface area (Å²) in [6.45, 7) is 2.23. The Morgan fingerprint density at radius 3 is 2.71 bits per heavy atom. The molecule has 108 valence electrons. The summed E-state index contributed by atoms with van der Waals surface area (Å²) in [5.74, 6) is 0.196. The van der Waals surface area contributed by atoms with Crippen molar-refractivity contribution in [3.05, 3.63) is 69.3 Å². The Morgan fingerprint density at radius 1 is 1.33 bits per heavy atom. The molecule has 0 unspecified atom stereocenters. The third kappa shape index (κ3) is 3.76. The Kier molecular flexibility index (Phi) is 4.49. The first-order valence-electron chi connectivity index (χ1n) is 6.24. The summed E-state index contributed by atoms with van der Waals surface area (Å²) >= 11 is 4.82. The van der Waals surface area contributed by atoms with Crippen LogP contribution >= 0.6 is 12.2 Å². The molecule has 2 aromatic rings. The minimum Gasteiger partial charge on any atom is -0.482 e. The Morgan fingerprint density at radius 2 is 2.10 bits per heavy atom. The van der Waals surface area contributed by atoms with Crippen molar-refractivity contribution in [1.82, 2.24) is 0 Å². The number of ether oxygens (including phenoxy) is 1. The van der Waals surface area contributed by atoms with Gasteiger partial charge in [-0.05, 0) is 24.6 Å². The summed E-state index contributed by atoms with van der Waals surface area (Å²) < 4.78 is 5.55. The Balaban J connectivity index is 2.23. The van der Waals surface area contributed by atoms with Crippen molar-refractivity contribution in [2.45, 2.75) is 13.5 Å². The summed E-state index contributed by atoms with van der Waals surface area (Å²) in [6, 6.07) is 12.2. The van der Waals surface area contributed by atoms with Crippen LogP contribution in [0.5, 0.6) is 5.75 Å². The molecule has 21 heavy (non-hydrogen) atoms. The van der Waals surface area contributed by atoms with Crippen molar-refractivity contribution in [1.29, 1.82) is 0 Å². The van der Waals surface area contributed by atoms with Crippen LogP contribution in [0.1, 0.15) is 16.7 Å². The van der Waals surface area contributed by atoms with Crippen LogP contribution in [0.25, 0.3) is 0 Å². The fourth-order valence-electron chi connectivity index (χ4n) is 1.90. The molecular formula is C15H14N2O3S. The second-order valence-electron chi connectivity index (χ2n) is 4.58. The van der Waals surface area contributed by atoms with Crippen LogP contribution in [0.3, 0.4) is 0 Å². The minimum atomic E-state index is -0.507. The Labute approximate surface area is 127 Å². The van der Waals surface area contributed by atoms with Crippen LogP contribution in [0.4, 0.5) is 5.69 Å². The second-order valence-corrected chi connectivity index (χ2v) is 5.02. The summed E-state index contributed by atoms with van der Waals surface area (Å²) in [5, 5.41) is 11.1. The average molecular weight is 302 g/mol. The minimum absolute atomic E-state index is 0.114. The number of aryl methyl sites for hydroxylation is 1. The van der Waals surface area contributed by atoms with E-state index in [0.717, 1.165) is 11.1 Å². The first-order valence-corrected chi connectivity index (χ1v) is 6.65. The molecule has 2 rings (SSSR count). The lowest BCUT2D eigenvalue weighted by molar-refractivity contribution is -0.386. The maximum Gasteiger partial charge on any atom is 0.311 e. The molecule has 0 saturated heterocycles. The number of hydrogen-bond donors (Lipinski definition) is 1.